The van der Waals surface area contributed by atoms with Gasteiger partial charge in [-0.25, -0.2) is 4.79 Å². The maximum atomic E-state index is 13.1. The highest BCUT2D eigenvalue weighted by Gasteiger charge is 2.43. The van der Waals surface area contributed by atoms with E-state index < -0.39 is 17.8 Å². The fraction of sp³-hybridized carbons (Fsp3) is 0.562. The Morgan fingerprint density at radius 3 is 2.46 bits per heavy atom. The number of ether oxygens (including phenoxy) is 1. The summed E-state index contributed by atoms with van der Waals surface area (Å²) >= 11 is 5.70. The Morgan fingerprint density at radius 2 is 1.92 bits per heavy atom. The van der Waals surface area contributed by atoms with Crippen molar-refractivity contribution in [1.29, 1.82) is 0 Å². The fourth-order valence-electron chi connectivity index (χ4n) is 3.75. The monoisotopic (exact) mass is 363 g/mol. The standard InChI is InChI=1S/C16H17ClF3NO3/c17-13-3-1-2-9(14(13)16(18,19)20)8-24-12-4-10-6-21(15(22)23)7-11(10)5-12/h1-3,10-12H,4-8H2,(H,22,23)/t10-,11+,12-. The summed E-state index contributed by atoms with van der Waals surface area (Å²) in [5.41, 5.74) is -0.818. The van der Waals surface area contributed by atoms with Crippen LogP contribution in [0, 0.1) is 11.8 Å². The van der Waals surface area contributed by atoms with E-state index in [2.05, 4.69) is 0 Å². The molecule has 1 heterocycles. The predicted molar refractivity (Wildman–Crippen MR) is 80.8 cm³/mol. The maximum absolute atomic E-state index is 13.1. The molecule has 8 heteroatoms. The number of carbonyl (C=O) groups is 1. The van der Waals surface area contributed by atoms with Crippen molar-refractivity contribution in [3.8, 4) is 0 Å². The third-order valence-electron chi connectivity index (χ3n) is 4.84. The average Bonchev–Trinajstić information content (AvgIpc) is 3.01. The number of halogens is 4. The molecule has 2 aliphatic rings. The lowest BCUT2D eigenvalue weighted by atomic mass is 10.0. The van der Waals surface area contributed by atoms with Crippen molar-refractivity contribution in [2.24, 2.45) is 11.8 Å². The van der Waals surface area contributed by atoms with Crippen LogP contribution in [0.15, 0.2) is 18.2 Å². The topological polar surface area (TPSA) is 49.8 Å². The molecule has 1 aliphatic heterocycles. The van der Waals surface area contributed by atoms with Crippen molar-refractivity contribution in [3.63, 3.8) is 0 Å². The molecular weight excluding hydrogens is 347 g/mol. The van der Waals surface area contributed by atoms with Crippen LogP contribution in [-0.4, -0.2) is 35.3 Å². The first-order valence-electron chi connectivity index (χ1n) is 7.69. The molecule has 1 aromatic rings. The van der Waals surface area contributed by atoms with Crippen molar-refractivity contribution in [2.45, 2.75) is 31.7 Å². The minimum atomic E-state index is -4.52. The van der Waals surface area contributed by atoms with Crippen molar-refractivity contribution in [1.82, 2.24) is 4.90 Å². The van der Waals surface area contributed by atoms with E-state index in [9.17, 15) is 18.0 Å². The first-order chi connectivity index (χ1) is 11.3. The van der Waals surface area contributed by atoms with Crippen molar-refractivity contribution in [3.05, 3.63) is 34.3 Å². The minimum Gasteiger partial charge on any atom is -0.465 e. The Hall–Kier alpha value is -1.47. The number of nitrogens with zero attached hydrogens (tertiary/aromatic N) is 1. The molecule has 1 N–H and O–H groups in total. The van der Waals surface area contributed by atoms with Crippen LogP contribution in [0.1, 0.15) is 24.0 Å². The van der Waals surface area contributed by atoms with E-state index in [1.54, 1.807) is 0 Å². The predicted octanol–water partition coefficient (Wildman–Crippen LogP) is 4.26. The lowest BCUT2D eigenvalue weighted by molar-refractivity contribution is -0.139. The Morgan fingerprint density at radius 1 is 1.29 bits per heavy atom. The van der Waals surface area contributed by atoms with E-state index in [1.807, 2.05) is 0 Å². The molecule has 0 bridgehead atoms. The average molecular weight is 364 g/mol. The van der Waals surface area contributed by atoms with Gasteiger partial charge in [-0.1, -0.05) is 23.7 Å². The number of amides is 1. The molecule has 0 unspecified atom stereocenters. The number of rotatable bonds is 3. The first-order valence-corrected chi connectivity index (χ1v) is 8.07. The van der Waals surface area contributed by atoms with Gasteiger partial charge in [-0.3, -0.25) is 0 Å². The molecule has 0 spiro atoms. The summed E-state index contributed by atoms with van der Waals surface area (Å²) in [6.07, 6.45) is -4.23. The molecule has 1 amide bonds. The molecule has 0 radical (unpaired) electrons. The zero-order chi connectivity index (χ0) is 17.5. The smallest absolute Gasteiger partial charge is 0.418 e. The minimum absolute atomic E-state index is 0.0271. The van der Waals surface area contributed by atoms with Crippen LogP contribution in [0.2, 0.25) is 5.02 Å². The van der Waals surface area contributed by atoms with E-state index in [-0.39, 0.29) is 35.1 Å². The second-order valence-corrected chi connectivity index (χ2v) is 6.79. The summed E-state index contributed by atoms with van der Waals surface area (Å²) in [6.45, 7) is 0.803. The van der Waals surface area contributed by atoms with Crippen LogP contribution in [0.25, 0.3) is 0 Å². The van der Waals surface area contributed by atoms with Gasteiger partial charge in [0.1, 0.15) is 0 Å². The molecule has 3 atom stereocenters. The Balaban J connectivity index is 1.61. The summed E-state index contributed by atoms with van der Waals surface area (Å²) in [7, 11) is 0. The molecule has 1 aromatic carbocycles. The number of hydrogen-bond donors (Lipinski definition) is 1. The van der Waals surface area contributed by atoms with Crippen LogP contribution < -0.4 is 0 Å². The van der Waals surface area contributed by atoms with Gasteiger partial charge in [0, 0.05) is 13.1 Å². The molecule has 1 saturated heterocycles. The summed E-state index contributed by atoms with van der Waals surface area (Å²) in [5.74, 6) is 0.458. The zero-order valence-corrected chi connectivity index (χ0v) is 13.5. The van der Waals surface area contributed by atoms with Gasteiger partial charge in [0.05, 0.1) is 23.3 Å². The van der Waals surface area contributed by atoms with Gasteiger partial charge >= 0.3 is 12.3 Å². The highest BCUT2D eigenvalue weighted by molar-refractivity contribution is 6.31. The van der Waals surface area contributed by atoms with Crippen molar-refractivity contribution < 1.29 is 27.8 Å². The van der Waals surface area contributed by atoms with Gasteiger partial charge in [0.2, 0.25) is 0 Å². The highest BCUT2D eigenvalue weighted by Crippen LogP contribution is 2.41. The molecule has 0 aromatic heterocycles. The number of fused-ring (bicyclic) bond motifs is 1. The van der Waals surface area contributed by atoms with E-state index in [4.69, 9.17) is 21.4 Å². The number of benzene rings is 1. The van der Waals surface area contributed by atoms with E-state index >= 15 is 0 Å². The second kappa shape index (κ2) is 6.44. The van der Waals surface area contributed by atoms with Gasteiger partial charge in [0.15, 0.2) is 0 Å². The molecule has 3 rings (SSSR count). The third kappa shape index (κ3) is 3.47. The second-order valence-electron chi connectivity index (χ2n) is 6.38. The van der Waals surface area contributed by atoms with E-state index in [0.29, 0.717) is 25.9 Å². The fourth-order valence-corrected chi connectivity index (χ4v) is 4.05. The van der Waals surface area contributed by atoms with Gasteiger partial charge in [-0.05, 0) is 36.3 Å². The van der Waals surface area contributed by atoms with Gasteiger partial charge < -0.3 is 14.7 Å². The summed E-state index contributed by atoms with van der Waals surface area (Å²) in [5, 5.41) is 8.67. The van der Waals surface area contributed by atoms with E-state index in [0.717, 1.165) is 0 Å². The Kier molecular flexibility index (Phi) is 4.66. The van der Waals surface area contributed by atoms with Crippen LogP contribution in [-0.2, 0) is 17.5 Å². The molecule has 1 aliphatic carbocycles. The first kappa shape index (κ1) is 17.4. The lowest BCUT2D eigenvalue weighted by Gasteiger charge is -2.19. The number of alkyl halides is 3. The number of likely N-dealkylation sites (tertiary alicyclic amines) is 1. The van der Waals surface area contributed by atoms with Gasteiger partial charge in [0.25, 0.3) is 0 Å². The van der Waals surface area contributed by atoms with Gasteiger partial charge in [-0.2, -0.15) is 13.2 Å². The molecular formula is C16H17ClF3NO3. The SMILES string of the molecule is O=C(O)N1C[C@H]2C[C@@H](OCc3cccc(Cl)c3C(F)(F)F)C[C@H]2C1. The summed E-state index contributed by atoms with van der Waals surface area (Å²) in [4.78, 5) is 12.4. The van der Waals surface area contributed by atoms with E-state index in [1.165, 1.54) is 23.1 Å². The quantitative estimate of drug-likeness (QED) is 0.872. The maximum Gasteiger partial charge on any atom is 0.418 e. The van der Waals surface area contributed by atoms with Crippen LogP contribution in [0.4, 0.5) is 18.0 Å². The summed E-state index contributed by atoms with van der Waals surface area (Å²) < 4.78 is 45.0. The molecule has 4 nitrogen and oxygen atoms in total. The normalized spacial score (nSPS) is 26.7. The van der Waals surface area contributed by atoms with Crippen molar-refractivity contribution >= 4 is 17.7 Å². The van der Waals surface area contributed by atoms with Crippen LogP contribution in [0.5, 0.6) is 0 Å². The van der Waals surface area contributed by atoms with Crippen molar-refractivity contribution in [2.75, 3.05) is 13.1 Å². The Bertz CT molecular complexity index is 623. The Labute approximate surface area is 142 Å². The zero-order valence-electron chi connectivity index (χ0n) is 12.7. The third-order valence-corrected chi connectivity index (χ3v) is 5.15. The number of carboxylic acid groups (broad SMARTS) is 1. The molecule has 1 saturated carbocycles. The van der Waals surface area contributed by atoms with Crippen LogP contribution >= 0.6 is 11.6 Å². The molecule has 24 heavy (non-hydrogen) atoms. The van der Waals surface area contributed by atoms with Gasteiger partial charge in [-0.15, -0.1) is 0 Å². The molecule has 132 valence electrons. The largest absolute Gasteiger partial charge is 0.465 e. The summed E-state index contributed by atoms with van der Waals surface area (Å²) in [6, 6.07) is 4.06. The lowest BCUT2D eigenvalue weighted by Crippen LogP contribution is -2.28. The van der Waals surface area contributed by atoms with Crippen LogP contribution in [0.3, 0.4) is 0 Å². The number of hydrogen-bond acceptors (Lipinski definition) is 2. The highest BCUT2D eigenvalue weighted by atomic mass is 35.5. The molecule has 2 fully saturated rings.